The first kappa shape index (κ1) is 16.1. The highest BCUT2D eigenvalue weighted by molar-refractivity contribution is 9.11. The van der Waals surface area contributed by atoms with E-state index in [1.54, 1.807) is 0 Å². The molecule has 0 bridgehead atoms. The lowest BCUT2D eigenvalue weighted by atomic mass is 9.82. The topological polar surface area (TPSA) is 62.0 Å². The van der Waals surface area contributed by atoms with Gasteiger partial charge in [0.15, 0.2) is 0 Å². The summed E-state index contributed by atoms with van der Waals surface area (Å²) in [6, 6.07) is 6.08. The molecule has 0 saturated heterocycles. The van der Waals surface area contributed by atoms with Gasteiger partial charge in [-0.2, -0.15) is 0 Å². The minimum Gasteiger partial charge on any atom is -0.398 e. The fourth-order valence-electron chi connectivity index (χ4n) is 3.22. The van der Waals surface area contributed by atoms with Gasteiger partial charge in [-0.3, -0.25) is 0 Å². The maximum absolute atomic E-state index is 10.8. The van der Waals surface area contributed by atoms with Crippen molar-refractivity contribution in [2.24, 2.45) is 0 Å². The van der Waals surface area contributed by atoms with E-state index in [-0.39, 0.29) is 0 Å². The highest BCUT2D eigenvalue weighted by atomic mass is 79.9. The molecule has 1 aliphatic rings. The van der Waals surface area contributed by atoms with Crippen LogP contribution in [0.1, 0.15) is 48.9 Å². The van der Waals surface area contributed by atoms with E-state index >= 15 is 0 Å². The lowest BCUT2D eigenvalue weighted by molar-refractivity contribution is -0.00419. The Labute approximate surface area is 147 Å². The molecule has 2 aromatic rings. The zero-order valence-electron chi connectivity index (χ0n) is 12.3. The lowest BCUT2D eigenvalue weighted by Crippen LogP contribution is -2.28. The third-order valence-electron chi connectivity index (χ3n) is 4.50. The lowest BCUT2D eigenvalue weighted by Gasteiger charge is -2.31. The van der Waals surface area contributed by atoms with Crippen molar-refractivity contribution >= 4 is 37.5 Å². The van der Waals surface area contributed by atoms with Crippen LogP contribution in [0.4, 0.5) is 5.69 Å². The number of H-pyrrole nitrogens is 1. The Morgan fingerprint density at radius 2 is 1.86 bits per heavy atom. The van der Waals surface area contributed by atoms with Crippen LogP contribution in [0.2, 0.25) is 0 Å². The van der Waals surface area contributed by atoms with Crippen LogP contribution in [0, 0.1) is 0 Å². The Hall–Kier alpha value is -0.780. The van der Waals surface area contributed by atoms with E-state index in [9.17, 15) is 5.11 Å². The van der Waals surface area contributed by atoms with Crippen molar-refractivity contribution in [3.05, 3.63) is 50.2 Å². The second kappa shape index (κ2) is 6.38. The van der Waals surface area contributed by atoms with Crippen molar-refractivity contribution < 1.29 is 5.11 Å². The Balaban J connectivity index is 1.83. The average Bonchev–Trinajstić information content (AvgIpc) is 2.94. The van der Waals surface area contributed by atoms with Crippen LogP contribution in [0.5, 0.6) is 0 Å². The smallest absolute Gasteiger partial charge is 0.104 e. The standard InChI is InChI=1S/C17H20Br2N2O/c18-13-8-12(16(20)14(19)9-13)6-11-7-15(21-10-11)17(22)4-2-1-3-5-17/h7-10,21-22H,1-6,20H2. The molecular weight excluding hydrogens is 408 g/mol. The molecule has 3 rings (SSSR count). The third-order valence-corrected chi connectivity index (χ3v) is 5.61. The highest BCUT2D eigenvalue weighted by Gasteiger charge is 2.32. The van der Waals surface area contributed by atoms with Crippen molar-refractivity contribution in [3.8, 4) is 0 Å². The number of nitrogen functional groups attached to an aromatic ring is 1. The average molecular weight is 428 g/mol. The normalized spacial score (nSPS) is 17.6. The van der Waals surface area contributed by atoms with Gasteiger partial charge in [0.2, 0.25) is 0 Å². The minimum atomic E-state index is -0.681. The molecule has 1 fully saturated rings. The summed E-state index contributed by atoms with van der Waals surface area (Å²) in [5, 5.41) is 10.8. The maximum Gasteiger partial charge on any atom is 0.104 e. The molecular formula is C17H20Br2N2O. The van der Waals surface area contributed by atoms with Crippen molar-refractivity contribution in [3.63, 3.8) is 0 Å². The quantitative estimate of drug-likeness (QED) is 0.612. The van der Waals surface area contributed by atoms with Gasteiger partial charge in [-0.25, -0.2) is 0 Å². The summed E-state index contributed by atoms with van der Waals surface area (Å²) in [5.41, 5.74) is 9.39. The summed E-state index contributed by atoms with van der Waals surface area (Å²) in [5.74, 6) is 0. The fraction of sp³-hybridized carbons (Fsp3) is 0.412. The second-order valence-corrected chi connectivity index (χ2v) is 7.92. The number of halogens is 2. The number of aromatic nitrogens is 1. The summed E-state index contributed by atoms with van der Waals surface area (Å²) in [6.45, 7) is 0. The molecule has 0 unspecified atom stereocenters. The number of hydrogen-bond acceptors (Lipinski definition) is 2. The molecule has 0 amide bonds. The van der Waals surface area contributed by atoms with E-state index in [1.165, 1.54) is 6.42 Å². The first-order valence-electron chi connectivity index (χ1n) is 7.61. The molecule has 4 N–H and O–H groups in total. The van der Waals surface area contributed by atoms with Gasteiger partial charge in [-0.1, -0.05) is 35.2 Å². The number of nitrogens with one attached hydrogen (secondary N) is 1. The molecule has 0 atom stereocenters. The number of benzene rings is 1. The molecule has 1 aromatic carbocycles. The van der Waals surface area contributed by atoms with Crippen LogP contribution in [0.3, 0.4) is 0 Å². The Morgan fingerprint density at radius 3 is 2.59 bits per heavy atom. The zero-order valence-corrected chi connectivity index (χ0v) is 15.5. The van der Waals surface area contributed by atoms with E-state index in [2.05, 4.69) is 42.9 Å². The van der Waals surface area contributed by atoms with Crippen molar-refractivity contribution in [1.29, 1.82) is 0 Å². The SMILES string of the molecule is Nc1c(Br)cc(Br)cc1Cc1c[nH]c(C2(O)CCCCC2)c1. The predicted octanol–water partition coefficient (Wildman–Crippen LogP) is 4.86. The van der Waals surface area contributed by atoms with Crippen molar-refractivity contribution in [1.82, 2.24) is 4.98 Å². The number of hydrogen-bond donors (Lipinski definition) is 3. The van der Waals surface area contributed by atoms with Gasteiger partial charge in [0.05, 0.1) is 0 Å². The first-order chi connectivity index (χ1) is 10.5. The maximum atomic E-state index is 10.8. The van der Waals surface area contributed by atoms with Crippen LogP contribution in [-0.4, -0.2) is 10.1 Å². The van der Waals surface area contributed by atoms with Crippen LogP contribution < -0.4 is 5.73 Å². The van der Waals surface area contributed by atoms with E-state index < -0.39 is 5.60 Å². The molecule has 0 radical (unpaired) electrons. The molecule has 0 spiro atoms. The van der Waals surface area contributed by atoms with Crippen LogP contribution in [0.25, 0.3) is 0 Å². The van der Waals surface area contributed by atoms with Gasteiger partial charge in [-0.15, -0.1) is 0 Å². The molecule has 1 heterocycles. The Bertz CT molecular complexity index is 675. The Kier molecular flexibility index (Phi) is 4.67. The van der Waals surface area contributed by atoms with Gasteiger partial charge in [-0.05, 0) is 58.1 Å². The summed E-state index contributed by atoms with van der Waals surface area (Å²) < 4.78 is 1.91. The molecule has 1 saturated carbocycles. The zero-order chi connectivity index (χ0) is 15.7. The van der Waals surface area contributed by atoms with E-state index in [0.29, 0.717) is 0 Å². The van der Waals surface area contributed by atoms with E-state index in [1.807, 2.05) is 18.3 Å². The molecule has 118 valence electrons. The molecule has 1 aliphatic carbocycles. The molecule has 22 heavy (non-hydrogen) atoms. The second-order valence-electron chi connectivity index (χ2n) is 6.15. The van der Waals surface area contributed by atoms with Gasteiger partial charge in [0.1, 0.15) is 5.60 Å². The van der Waals surface area contributed by atoms with Gasteiger partial charge >= 0.3 is 0 Å². The third kappa shape index (κ3) is 3.26. The van der Waals surface area contributed by atoms with Gasteiger partial charge in [0.25, 0.3) is 0 Å². The number of nitrogens with two attached hydrogens (primary N) is 1. The highest BCUT2D eigenvalue weighted by Crippen LogP contribution is 2.37. The van der Waals surface area contributed by atoms with Gasteiger partial charge in [0, 0.05) is 32.9 Å². The van der Waals surface area contributed by atoms with E-state index in [0.717, 1.165) is 63.6 Å². The molecule has 1 aromatic heterocycles. The molecule has 5 heteroatoms. The Morgan fingerprint density at radius 1 is 1.14 bits per heavy atom. The largest absolute Gasteiger partial charge is 0.398 e. The first-order valence-corrected chi connectivity index (χ1v) is 9.20. The molecule has 3 nitrogen and oxygen atoms in total. The minimum absolute atomic E-state index is 0.681. The molecule has 0 aliphatic heterocycles. The number of aliphatic hydroxyl groups is 1. The van der Waals surface area contributed by atoms with Crippen LogP contribution >= 0.6 is 31.9 Å². The van der Waals surface area contributed by atoms with Crippen molar-refractivity contribution in [2.75, 3.05) is 5.73 Å². The number of rotatable bonds is 3. The van der Waals surface area contributed by atoms with Crippen molar-refractivity contribution in [2.45, 2.75) is 44.1 Å². The number of anilines is 1. The predicted molar refractivity (Wildman–Crippen MR) is 96.8 cm³/mol. The summed E-state index contributed by atoms with van der Waals surface area (Å²) >= 11 is 6.99. The van der Waals surface area contributed by atoms with Gasteiger partial charge < -0.3 is 15.8 Å². The monoisotopic (exact) mass is 426 g/mol. The van der Waals surface area contributed by atoms with Crippen LogP contribution in [-0.2, 0) is 12.0 Å². The summed E-state index contributed by atoms with van der Waals surface area (Å²) in [7, 11) is 0. The fourth-order valence-corrected chi connectivity index (χ4v) is 4.53. The summed E-state index contributed by atoms with van der Waals surface area (Å²) in [6.07, 6.45) is 7.83. The summed E-state index contributed by atoms with van der Waals surface area (Å²) in [4.78, 5) is 3.27. The van der Waals surface area contributed by atoms with E-state index in [4.69, 9.17) is 5.73 Å². The number of aromatic amines is 1. The van der Waals surface area contributed by atoms with Crippen LogP contribution in [0.15, 0.2) is 33.3 Å².